The smallest absolute Gasteiger partial charge is 0.237 e. The molecule has 1 amide bonds. The largest absolute Gasteiger partial charge is 0.322 e. The first-order valence-electron chi connectivity index (χ1n) is 7.62. The maximum atomic E-state index is 12.5. The number of amides is 1. The van der Waals surface area contributed by atoms with Gasteiger partial charge in [-0.1, -0.05) is 29.3 Å². The molecule has 130 valence electrons. The molecule has 0 fully saturated rings. The molecule has 1 aromatic carbocycles. The second-order valence-electron chi connectivity index (χ2n) is 5.75. The minimum Gasteiger partial charge on any atom is -0.322 e. The summed E-state index contributed by atoms with van der Waals surface area (Å²) in [5.41, 5.74) is 3.59. The standard InChI is InChI=1S/C17H21Cl2N3OS/c1-9-16(10(2)22(5)21-9)20-17(23)12(4)24-11(3)13-6-7-14(18)15(19)8-13/h6-8,11-12H,1-5H3,(H,20,23)/t11-,12-/m0/s1. The number of nitrogens with zero attached hydrogens (tertiary/aromatic N) is 2. The lowest BCUT2D eigenvalue weighted by Crippen LogP contribution is -2.23. The summed E-state index contributed by atoms with van der Waals surface area (Å²) in [5.74, 6) is -0.0360. The van der Waals surface area contributed by atoms with Crippen molar-refractivity contribution in [1.82, 2.24) is 9.78 Å². The number of aromatic nitrogens is 2. The van der Waals surface area contributed by atoms with Gasteiger partial charge < -0.3 is 5.32 Å². The highest BCUT2D eigenvalue weighted by molar-refractivity contribution is 8.00. The maximum absolute atomic E-state index is 12.5. The molecule has 1 N–H and O–H groups in total. The van der Waals surface area contributed by atoms with Crippen molar-refractivity contribution < 1.29 is 4.79 Å². The van der Waals surface area contributed by atoms with Crippen molar-refractivity contribution in [3.05, 3.63) is 45.2 Å². The lowest BCUT2D eigenvalue weighted by Gasteiger charge is -2.18. The third-order valence-electron chi connectivity index (χ3n) is 3.95. The van der Waals surface area contributed by atoms with Crippen LogP contribution in [-0.4, -0.2) is 20.9 Å². The average Bonchev–Trinajstić information content (AvgIpc) is 2.76. The topological polar surface area (TPSA) is 46.9 Å². The van der Waals surface area contributed by atoms with E-state index in [1.165, 1.54) is 0 Å². The lowest BCUT2D eigenvalue weighted by molar-refractivity contribution is -0.115. The molecule has 2 aromatic rings. The van der Waals surface area contributed by atoms with Gasteiger partial charge in [-0.2, -0.15) is 5.10 Å². The molecule has 0 aliphatic rings. The number of rotatable bonds is 5. The summed E-state index contributed by atoms with van der Waals surface area (Å²) in [6, 6.07) is 5.57. The number of carbonyl (C=O) groups is 1. The number of benzene rings is 1. The summed E-state index contributed by atoms with van der Waals surface area (Å²) in [6.45, 7) is 7.77. The molecule has 24 heavy (non-hydrogen) atoms. The van der Waals surface area contributed by atoms with E-state index in [4.69, 9.17) is 23.2 Å². The molecule has 0 saturated carbocycles. The van der Waals surface area contributed by atoms with E-state index in [9.17, 15) is 4.79 Å². The average molecular weight is 386 g/mol. The van der Waals surface area contributed by atoms with Crippen LogP contribution in [0.3, 0.4) is 0 Å². The summed E-state index contributed by atoms with van der Waals surface area (Å²) in [5, 5.41) is 8.27. The highest BCUT2D eigenvalue weighted by atomic mass is 35.5. The molecule has 0 spiro atoms. The van der Waals surface area contributed by atoms with Crippen LogP contribution in [0.25, 0.3) is 0 Å². The molecule has 1 heterocycles. The highest BCUT2D eigenvalue weighted by Gasteiger charge is 2.21. The van der Waals surface area contributed by atoms with E-state index < -0.39 is 0 Å². The summed E-state index contributed by atoms with van der Waals surface area (Å²) >= 11 is 13.6. The molecule has 2 rings (SSSR count). The number of hydrogen-bond acceptors (Lipinski definition) is 3. The Morgan fingerprint density at radius 1 is 1.25 bits per heavy atom. The second kappa shape index (κ2) is 7.81. The number of thioether (sulfide) groups is 1. The molecule has 7 heteroatoms. The first-order valence-corrected chi connectivity index (χ1v) is 9.32. The monoisotopic (exact) mass is 385 g/mol. The fourth-order valence-corrected chi connectivity index (χ4v) is 3.80. The van der Waals surface area contributed by atoms with Crippen LogP contribution in [0.4, 0.5) is 5.69 Å². The van der Waals surface area contributed by atoms with Gasteiger partial charge in [0.2, 0.25) is 5.91 Å². The Hall–Kier alpha value is -1.17. The molecular formula is C17H21Cl2N3OS. The predicted molar refractivity (Wildman–Crippen MR) is 103 cm³/mol. The van der Waals surface area contributed by atoms with Gasteiger partial charge in [-0.25, -0.2) is 0 Å². The van der Waals surface area contributed by atoms with Crippen LogP contribution in [0.2, 0.25) is 10.0 Å². The van der Waals surface area contributed by atoms with Crippen molar-refractivity contribution in [2.24, 2.45) is 7.05 Å². The lowest BCUT2D eigenvalue weighted by atomic mass is 10.2. The minimum absolute atomic E-state index is 0.0360. The Balaban J connectivity index is 2.04. The van der Waals surface area contributed by atoms with E-state index in [2.05, 4.69) is 17.3 Å². The van der Waals surface area contributed by atoms with E-state index in [1.807, 2.05) is 40.0 Å². The van der Waals surface area contributed by atoms with Gasteiger partial charge >= 0.3 is 0 Å². The summed E-state index contributed by atoms with van der Waals surface area (Å²) in [6.07, 6.45) is 0. The molecule has 0 aliphatic heterocycles. The Kier molecular flexibility index (Phi) is 6.23. The number of carbonyl (C=O) groups excluding carboxylic acids is 1. The van der Waals surface area contributed by atoms with Gasteiger partial charge in [0.15, 0.2) is 0 Å². The van der Waals surface area contributed by atoms with Crippen molar-refractivity contribution in [2.75, 3.05) is 5.32 Å². The first-order chi connectivity index (χ1) is 11.2. The summed E-state index contributed by atoms with van der Waals surface area (Å²) < 4.78 is 1.76. The van der Waals surface area contributed by atoms with Gasteiger partial charge in [-0.3, -0.25) is 9.48 Å². The van der Waals surface area contributed by atoms with E-state index >= 15 is 0 Å². The molecule has 2 atom stereocenters. The number of halogens is 2. The van der Waals surface area contributed by atoms with Gasteiger partial charge in [0.05, 0.1) is 32.4 Å². The van der Waals surface area contributed by atoms with Crippen LogP contribution in [0.15, 0.2) is 18.2 Å². The van der Waals surface area contributed by atoms with Crippen molar-refractivity contribution in [3.63, 3.8) is 0 Å². The van der Waals surface area contributed by atoms with Gasteiger partial charge in [-0.15, -0.1) is 11.8 Å². The molecule has 4 nitrogen and oxygen atoms in total. The maximum Gasteiger partial charge on any atom is 0.237 e. The third-order valence-corrected chi connectivity index (χ3v) is 5.99. The highest BCUT2D eigenvalue weighted by Crippen LogP contribution is 2.35. The quantitative estimate of drug-likeness (QED) is 0.772. The second-order valence-corrected chi connectivity index (χ2v) is 8.25. The number of anilines is 1. The summed E-state index contributed by atoms with van der Waals surface area (Å²) in [7, 11) is 1.86. The Bertz CT molecular complexity index is 761. The fourth-order valence-electron chi connectivity index (χ4n) is 2.39. The molecule has 1 aromatic heterocycles. The van der Waals surface area contributed by atoms with Gasteiger partial charge in [0.1, 0.15) is 0 Å². The van der Waals surface area contributed by atoms with Crippen LogP contribution in [0.5, 0.6) is 0 Å². The SMILES string of the molecule is Cc1nn(C)c(C)c1NC(=O)[C@H](C)S[C@@H](C)c1ccc(Cl)c(Cl)c1. The van der Waals surface area contributed by atoms with Crippen LogP contribution < -0.4 is 5.32 Å². The number of hydrogen-bond donors (Lipinski definition) is 1. The van der Waals surface area contributed by atoms with Crippen LogP contribution >= 0.6 is 35.0 Å². The predicted octanol–water partition coefficient (Wildman–Crippen LogP) is 5.17. The minimum atomic E-state index is -0.214. The molecule has 0 bridgehead atoms. The van der Waals surface area contributed by atoms with Crippen molar-refractivity contribution >= 4 is 46.6 Å². The number of aryl methyl sites for hydroxylation is 2. The third kappa shape index (κ3) is 4.26. The van der Waals surface area contributed by atoms with Gasteiger partial charge in [0, 0.05) is 12.3 Å². The Labute approximate surface area is 156 Å². The Morgan fingerprint density at radius 2 is 1.92 bits per heavy atom. The number of nitrogens with one attached hydrogen (secondary N) is 1. The zero-order chi connectivity index (χ0) is 18.0. The molecular weight excluding hydrogens is 365 g/mol. The normalized spacial score (nSPS) is 13.6. The van der Waals surface area contributed by atoms with E-state index in [0.29, 0.717) is 10.0 Å². The van der Waals surface area contributed by atoms with E-state index in [0.717, 1.165) is 22.6 Å². The molecule has 0 saturated heterocycles. The van der Waals surface area contributed by atoms with Crippen LogP contribution in [-0.2, 0) is 11.8 Å². The Morgan fingerprint density at radius 3 is 2.46 bits per heavy atom. The molecule has 0 unspecified atom stereocenters. The van der Waals surface area contributed by atoms with Crippen LogP contribution in [0, 0.1) is 13.8 Å². The zero-order valence-corrected chi connectivity index (χ0v) is 16.7. The van der Waals surface area contributed by atoms with Crippen LogP contribution in [0.1, 0.15) is 36.0 Å². The van der Waals surface area contributed by atoms with Crippen molar-refractivity contribution in [3.8, 4) is 0 Å². The zero-order valence-electron chi connectivity index (χ0n) is 14.4. The van der Waals surface area contributed by atoms with E-state index in [1.54, 1.807) is 22.5 Å². The van der Waals surface area contributed by atoms with Gasteiger partial charge in [0.25, 0.3) is 0 Å². The molecule has 0 aliphatic carbocycles. The van der Waals surface area contributed by atoms with E-state index in [-0.39, 0.29) is 16.4 Å². The molecule has 0 radical (unpaired) electrons. The van der Waals surface area contributed by atoms with Crippen molar-refractivity contribution in [2.45, 2.75) is 38.2 Å². The van der Waals surface area contributed by atoms with Crippen molar-refractivity contribution in [1.29, 1.82) is 0 Å². The fraction of sp³-hybridized carbons (Fsp3) is 0.412. The summed E-state index contributed by atoms with van der Waals surface area (Å²) in [4.78, 5) is 12.5. The van der Waals surface area contributed by atoms with Gasteiger partial charge in [-0.05, 0) is 45.4 Å². The first kappa shape index (κ1) is 19.2.